The van der Waals surface area contributed by atoms with Gasteiger partial charge in [0.15, 0.2) is 0 Å². The first-order valence-electron chi connectivity index (χ1n) is 10.1. The molecule has 0 atom stereocenters. The highest BCUT2D eigenvalue weighted by Gasteiger charge is 2.25. The van der Waals surface area contributed by atoms with Crippen LogP contribution in [0.15, 0.2) is 58.1 Å². The summed E-state index contributed by atoms with van der Waals surface area (Å²) in [6.45, 7) is 0.201. The van der Waals surface area contributed by atoms with Gasteiger partial charge in [-0.2, -0.15) is 0 Å². The van der Waals surface area contributed by atoms with E-state index < -0.39 is 5.69 Å². The summed E-state index contributed by atoms with van der Waals surface area (Å²) in [4.78, 5) is 40.3. The van der Waals surface area contributed by atoms with E-state index in [1.165, 1.54) is 20.8 Å². The van der Waals surface area contributed by atoms with Crippen molar-refractivity contribution in [1.82, 2.24) is 9.13 Å². The van der Waals surface area contributed by atoms with E-state index in [1.54, 1.807) is 42.0 Å². The minimum Gasteiger partial charge on any atom is -0.496 e. The van der Waals surface area contributed by atoms with Crippen LogP contribution in [0.3, 0.4) is 0 Å². The van der Waals surface area contributed by atoms with Crippen molar-refractivity contribution in [2.75, 3.05) is 7.11 Å². The zero-order valence-electron chi connectivity index (χ0n) is 17.0. The molecular formula is C24H20N2O4S. The molecule has 156 valence electrons. The Labute approximate surface area is 182 Å². The maximum absolute atomic E-state index is 13.6. The lowest BCUT2D eigenvalue weighted by molar-refractivity contribution is 0.112. The average molecular weight is 433 g/mol. The van der Waals surface area contributed by atoms with Gasteiger partial charge in [0.2, 0.25) is 0 Å². The van der Waals surface area contributed by atoms with Gasteiger partial charge in [-0.25, -0.2) is 9.36 Å². The second-order valence-electron chi connectivity index (χ2n) is 7.57. The molecule has 0 aliphatic heterocycles. The summed E-state index contributed by atoms with van der Waals surface area (Å²) in [6.07, 6.45) is 3.57. The number of aldehydes is 1. The number of benzene rings is 2. The maximum atomic E-state index is 13.6. The predicted molar refractivity (Wildman–Crippen MR) is 121 cm³/mol. The molecule has 7 heteroatoms. The van der Waals surface area contributed by atoms with Crippen LogP contribution >= 0.6 is 11.3 Å². The van der Waals surface area contributed by atoms with Crippen LogP contribution in [0.4, 0.5) is 0 Å². The highest BCUT2D eigenvalue weighted by atomic mass is 32.1. The molecule has 2 aromatic carbocycles. The van der Waals surface area contributed by atoms with Gasteiger partial charge in [0.25, 0.3) is 5.56 Å². The number of carbonyl (C=O) groups is 1. The summed E-state index contributed by atoms with van der Waals surface area (Å²) < 4.78 is 8.36. The summed E-state index contributed by atoms with van der Waals surface area (Å²) >= 11 is 1.53. The highest BCUT2D eigenvalue weighted by molar-refractivity contribution is 7.18. The van der Waals surface area contributed by atoms with Crippen LogP contribution in [-0.2, 0) is 19.4 Å². The Morgan fingerprint density at radius 1 is 1.10 bits per heavy atom. The van der Waals surface area contributed by atoms with Gasteiger partial charge in [0, 0.05) is 16.0 Å². The van der Waals surface area contributed by atoms with Crippen molar-refractivity contribution in [3.8, 4) is 11.4 Å². The molecule has 0 saturated carbocycles. The summed E-state index contributed by atoms with van der Waals surface area (Å²) in [7, 11) is 1.56. The number of methoxy groups -OCH3 is 1. The van der Waals surface area contributed by atoms with E-state index >= 15 is 0 Å². The molecule has 0 saturated heterocycles. The summed E-state index contributed by atoms with van der Waals surface area (Å²) in [5.41, 5.74) is 2.15. The van der Waals surface area contributed by atoms with Gasteiger partial charge in [0.05, 0.1) is 24.7 Å². The molecule has 0 unspecified atom stereocenters. The van der Waals surface area contributed by atoms with E-state index in [0.29, 0.717) is 32.8 Å². The average Bonchev–Trinajstić information content (AvgIpc) is 3.38. The fourth-order valence-corrected chi connectivity index (χ4v) is 5.69. The number of nitrogens with zero attached hydrogens (tertiary/aromatic N) is 2. The Hall–Kier alpha value is -3.45. The standard InChI is InChI=1S/C24H20N2O4S/c1-30-19-11-10-15(14-27)12-16(19)13-25-23-21(18-8-5-9-20(18)31-23)22(28)26(24(25)29)17-6-3-2-4-7-17/h2-4,6-7,10-12,14H,5,8-9,13H2,1H3. The van der Waals surface area contributed by atoms with Gasteiger partial charge in [-0.1, -0.05) is 18.2 Å². The zero-order chi connectivity index (χ0) is 21.5. The molecule has 0 spiro atoms. The minimum atomic E-state index is -0.401. The Balaban J connectivity index is 1.82. The number of ether oxygens (including phenoxy) is 1. The lowest BCUT2D eigenvalue weighted by Crippen LogP contribution is -2.39. The van der Waals surface area contributed by atoms with Crippen molar-refractivity contribution in [1.29, 1.82) is 0 Å². The number of rotatable bonds is 5. The number of fused-ring (bicyclic) bond motifs is 3. The lowest BCUT2D eigenvalue weighted by Gasteiger charge is -2.15. The van der Waals surface area contributed by atoms with Gasteiger partial charge < -0.3 is 4.74 Å². The monoisotopic (exact) mass is 432 g/mol. The van der Waals surface area contributed by atoms with Gasteiger partial charge in [-0.3, -0.25) is 14.2 Å². The molecule has 6 nitrogen and oxygen atoms in total. The van der Waals surface area contributed by atoms with E-state index in [9.17, 15) is 14.4 Å². The molecule has 0 amide bonds. The van der Waals surface area contributed by atoms with Crippen molar-refractivity contribution < 1.29 is 9.53 Å². The first-order chi connectivity index (χ1) is 15.1. The smallest absolute Gasteiger partial charge is 0.337 e. The normalized spacial score (nSPS) is 12.8. The van der Waals surface area contributed by atoms with Crippen molar-refractivity contribution in [3.63, 3.8) is 0 Å². The molecule has 1 aliphatic carbocycles. The molecule has 5 rings (SSSR count). The topological polar surface area (TPSA) is 70.3 Å². The number of aryl methyl sites for hydroxylation is 2. The highest BCUT2D eigenvalue weighted by Crippen LogP contribution is 2.35. The first-order valence-corrected chi connectivity index (χ1v) is 10.9. The van der Waals surface area contributed by atoms with E-state index in [-0.39, 0.29) is 12.1 Å². The van der Waals surface area contributed by atoms with Gasteiger partial charge in [-0.05, 0) is 55.2 Å². The van der Waals surface area contributed by atoms with Crippen LogP contribution in [0.5, 0.6) is 5.75 Å². The summed E-state index contributed by atoms with van der Waals surface area (Å²) in [5, 5.41) is 0.631. The van der Waals surface area contributed by atoms with Crippen LogP contribution < -0.4 is 16.0 Å². The van der Waals surface area contributed by atoms with Crippen LogP contribution in [-0.4, -0.2) is 22.5 Å². The molecule has 1 aliphatic rings. The fourth-order valence-electron chi connectivity index (χ4n) is 4.32. The number of aromatic nitrogens is 2. The van der Waals surface area contributed by atoms with Crippen LogP contribution in [0.2, 0.25) is 0 Å². The van der Waals surface area contributed by atoms with Gasteiger partial charge in [-0.15, -0.1) is 11.3 Å². The van der Waals surface area contributed by atoms with Crippen molar-refractivity contribution >= 4 is 27.8 Å². The molecule has 31 heavy (non-hydrogen) atoms. The zero-order valence-corrected chi connectivity index (χ0v) is 17.8. The Bertz CT molecular complexity index is 1430. The van der Waals surface area contributed by atoms with Crippen LogP contribution in [0, 0.1) is 0 Å². The number of carbonyl (C=O) groups excluding carboxylic acids is 1. The second-order valence-corrected chi connectivity index (χ2v) is 8.66. The number of para-hydroxylation sites is 1. The fraction of sp³-hybridized carbons (Fsp3) is 0.208. The van der Waals surface area contributed by atoms with E-state index in [0.717, 1.165) is 31.1 Å². The van der Waals surface area contributed by atoms with Gasteiger partial charge in [0.1, 0.15) is 16.9 Å². The Kier molecular flexibility index (Phi) is 4.82. The molecule has 0 bridgehead atoms. The molecule has 0 fully saturated rings. The van der Waals surface area contributed by atoms with E-state index in [2.05, 4.69) is 0 Å². The largest absolute Gasteiger partial charge is 0.496 e. The minimum absolute atomic E-state index is 0.201. The molecule has 2 heterocycles. The number of hydrogen-bond acceptors (Lipinski definition) is 5. The molecule has 0 N–H and O–H groups in total. The molecule has 0 radical (unpaired) electrons. The predicted octanol–water partition coefficient (Wildman–Crippen LogP) is 3.57. The Morgan fingerprint density at radius 2 is 1.90 bits per heavy atom. The van der Waals surface area contributed by atoms with Crippen molar-refractivity contribution in [3.05, 3.63) is 90.9 Å². The summed E-state index contributed by atoms with van der Waals surface area (Å²) in [5.74, 6) is 0.590. The maximum Gasteiger partial charge on any atom is 0.337 e. The van der Waals surface area contributed by atoms with E-state index in [1.807, 2.05) is 18.2 Å². The third kappa shape index (κ3) is 3.13. The second kappa shape index (κ2) is 7.67. The first kappa shape index (κ1) is 19.5. The SMILES string of the molecule is COc1ccc(C=O)cc1Cn1c(=O)n(-c2ccccc2)c(=O)c2c3c(sc21)CCC3. The molecular weight excluding hydrogens is 412 g/mol. The van der Waals surface area contributed by atoms with Crippen molar-refractivity contribution in [2.45, 2.75) is 25.8 Å². The summed E-state index contributed by atoms with van der Waals surface area (Å²) in [6, 6.07) is 14.1. The third-order valence-corrected chi connectivity index (χ3v) is 7.09. The lowest BCUT2D eigenvalue weighted by atomic mass is 10.1. The van der Waals surface area contributed by atoms with Gasteiger partial charge >= 0.3 is 5.69 Å². The third-order valence-electron chi connectivity index (χ3n) is 5.77. The van der Waals surface area contributed by atoms with Crippen LogP contribution in [0.1, 0.15) is 32.8 Å². The number of hydrogen-bond donors (Lipinski definition) is 0. The molecule has 2 aromatic heterocycles. The number of thiophene rings is 1. The van der Waals surface area contributed by atoms with Crippen LogP contribution in [0.25, 0.3) is 15.9 Å². The Morgan fingerprint density at radius 3 is 2.65 bits per heavy atom. The van der Waals surface area contributed by atoms with Crippen molar-refractivity contribution in [2.24, 2.45) is 0 Å². The van der Waals surface area contributed by atoms with E-state index in [4.69, 9.17) is 4.74 Å². The quantitative estimate of drug-likeness (QED) is 0.452. The molecule has 4 aromatic rings.